The number of methoxy groups -OCH3 is 1. The molecule has 0 saturated carbocycles. The van der Waals surface area contributed by atoms with E-state index in [0.29, 0.717) is 6.61 Å². The largest absolute Gasteiger partial charge is 0.493 e. The number of hydrogen-bond acceptors (Lipinski definition) is 4. The molecule has 118 valence electrons. The maximum absolute atomic E-state index is 5.62. The average molecular weight is 292 g/mol. The van der Waals surface area contributed by atoms with Crippen molar-refractivity contribution in [1.82, 2.24) is 10.2 Å². The summed E-state index contributed by atoms with van der Waals surface area (Å²) in [4.78, 5) is 2.52. The van der Waals surface area contributed by atoms with E-state index in [2.05, 4.69) is 29.3 Å². The van der Waals surface area contributed by atoms with E-state index in [1.807, 2.05) is 13.0 Å². The molecular formula is C17H28N2O2. The molecule has 1 aliphatic heterocycles. The number of nitrogens with one attached hydrogen (secondary N) is 1. The van der Waals surface area contributed by atoms with Crippen molar-refractivity contribution in [3.63, 3.8) is 0 Å². The summed E-state index contributed by atoms with van der Waals surface area (Å²) in [5.41, 5.74) is 1.24. The zero-order valence-corrected chi connectivity index (χ0v) is 13.5. The van der Waals surface area contributed by atoms with E-state index in [-0.39, 0.29) is 0 Å². The van der Waals surface area contributed by atoms with Crippen LogP contribution in [0.3, 0.4) is 0 Å². The van der Waals surface area contributed by atoms with Crippen LogP contribution in [0.15, 0.2) is 18.2 Å². The van der Waals surface area contributed by atoms with Gasteiger partial charge in [0.1, 0.15) is 0 Å². The number of likely N-dealkylation sites (tertiary alicyclic amines) is 1. The van der Waals surface area contributed by atoms with Gasteiger partial charge in [-0.1, -0.05) is 13.0 Å². The minimum Gasteiger partial charge on any atom is -0.493 e. The normalized spacial score (nSPS) is 18.9. The molecule has 1 unspecified atom stereocenters. The molecule has 1 heterocycles. The molecule has 1 aromatic rings. The molecule has 0 radical (unpaired) electrons. The van der Waals surface area contributed by atoms with E-state index in [1.54, 1.807) is 7.11 Å². The van der Waals surface area contributed by atoms with Gasteiger partial charge in [-0.3, -0.25) is 0 Å². The Labute approximate surface area is 128 Å². The van der Waals surface area contributed by atoms with Crippen LogP contribution >= 0.6 is 0 Å². The van der Waals surface area contributed by atoms with Crippen LogP contribution in [0.2, 0.25) is 0 Å². The Morgan fingerprint density at radius 2 is 2.14 bits per heavy atom. The van der Waals surface area contributed by atoms with Crippen LogP contribution < -0.4 is 14.8 Å². The molecule has 2 rings (SSSR count). The number of ether oxygens (including phenoxy) is 2. The Kier molecular flexibility index (Phi) is 6.33. The molecular weight excluding hydrogens is 264 g/mol. The molecule has 21 heavy (non-hydrogen) atoms. The van der Waals surface area contributed by atoms with Crippen molar-refractivity contribution in [1.29, 1.82) is 0 Å². The smallest absolute Gasteiger partial charge is 0.161 e. The second-order valence-corrected chi connectivity index (χ2v) is 5.60. The molecule has 0 spiro atoms. The van der Waals surface area contributed by atoms with Crippen molar-refractivity contribution >= 4 is 0 Å². The maximum Gasteiger partial charge on any atom is 0.161 e. The average Bonchev–Trinajstić information content (AvgIpc) is 2.96. The Hall–Kier alpha value is -1.26. The third-order valence-corrected chi connectivity index (χ3v) is 4.11. The summed E-state index contributed by atoms with van der Waals surface area (Å²) >= 11 is 0. The highest BCUT2D eigenvalue weighted by Crippen LogP contribution is 2.28. The van der Waals surface area contributed by atoms with Gasteiger partial charge in [0, 0.05) is 13.1 Å². The van der Waals surface area contributed by atoms with Gasteiger partial charge < -0.3 is 19.7 Å². The maximum atomic E-state index is 5.62. The van der Waals surface area contributed by atoms with Crippen molar-refractivity contribution < 1.29 is 9.47 Å². The topological polar surface area (TPSA) is 33.7 Å². The lowest BCUT2D eigenvalue weighted by Gasteiger charge is -2.14. The first-order chi connectivity index (χ1) is 10.3. The Morgan fingerprint density at radius 3 is 2.81 bits per heavy atom. The van der Waals surface area contributed by atoms with Gasteiger partial charge in [-0.25, -0.2) is 0 Å². The summed E-state index contributed by atoms with van der Waals surface area (Å²) in [6, 6.07) is 6.15. The Bertz CT molecular complexity index is 437. The third kappa shape index (κ3) is 4.61. The van der Waals surface area contributed by atoms with Crippen molar-refractivity contribution in [3.8, 4) is 11.5 Å². The minimum absolute atomic E-state index is 0.655. The fourth-order valence-electron chi connectivity index (χ4n) is 2.89. The lowest BCUT2D eigenvalue weighted by molar-refractivity contribution is 0.310. The number of hydrogen-bond donors (Lipinski definition) is 1. The molecule has 1 fully saturated rings. The molecule has 1 N–H and O–H groups in total. The molecule has 1 aliphatic rings. The standard InChI is InChI=1S/C17H28N2O2/c1-4-19-9-8-15(13-19)12-18-11-14-6-7-16(20-3)17(10-14)21-5-2/h6-7,10,15,18H,4-5,8-9,11-13H2,1-3H3. The van der Waals surface area contributed by atoms with E-state index in [9.17, 15) is 0 Å². The van der Waals surface area contributed by atoms with Gasteiger partial charge >= 0.3 is 0 Å². The van der Waals surface area contributed by atoms with Crippen LogP contribution in [0.25, 0.3) is 0 Å². The van der Waals surface area contributed by atoms with Crippen molar-refractivity contribution in [3.05, 3.63) is 23.8 Å². The molecule has 0 aliphatic carbocycles. The first kappa shape index (κ1) is 16.1. The second kappa shape index (κ2) is 8.25. The lowest BCUT2D eigenvalue weighted by atomic mass is 10.1. The predicted molar refractivity (Wildman–Crippen MR) is 86.1 cm³/mol. The summed E-state index contributed by atoms with van der Waals surface area (Å²) in [5.74, 6) is 2.42. The lowest BCUT2D eigenvalue weighted by Crippen LogP contribution is -2.26. The molecule has 1 saturated heterocycles. The Balaban J connectivity index is 1.81. The summed E-state index contributed by atoms with van der Waals surface area (Å²) in [6.07, 6.45) is 1.31. The highest BCUT2D eigenvalue weighted by molar-refractivity contribution is 5.42. The van der Waals surface area contributed by atoms with Gasteiger partial charge in [-0.15, -0.1) is 0 Å². The quantitative estimate of drug-likeness (QED) is 0.798. The predicted octanol–water partition coefficient (Wildman–Crippen LogP) is 2.53. The van der Waals surface area contributed by atoms with Crippen LogP contribution in [0.5, 0.6) is 11.5 Å². The molecule has 0 amide bonds. The summed E-state index contributed by atoms with van der Waals surface area (Å²) in [5, 5.41) is 3.57. The van der Waals surface area contributed by atoms with E-state index in [0.717, 1.165) is 30.5 Å². The van der Waals surface area contributed by atoms with Crippen LogP contribution in [0, 0.1) is 5.92 Å². The first-order valence-corrected chi connectivity index (χ1v) is 7.99. The second-order valence-electron chi connectivity index (χ2n) is 5.60. The van der Waals surface area contributed by atoms with Crippen LogP contribution in [-0.2, 0) is 6.54 Å². The zero-order valence-electron chi connectivity index (χ0n) is 13.5. The number of nitrogens with zero attached hydrogens (tertiary/aromatic N) is 1. The number of rotatable bonds is 8. The zero-order chi connectivity index (χ0) is 15.1. The molecule has 1 aromatic carbocycles. The molecule has 1 atom stereocenters. The highest BCUT2D eigenvalue weighted by atomic mass is 16.5. The van der Waals surface area contributed by atoms with Crippen molar-refractivity contribution in [2.75, 3.05) is 39.9 Å². The summed E-state index contributed by atoms with van der Waals surface area (Å²) < 4.78 is 10.9. The highest BCUT2D eigenvalue weighted by Gasteiger charge is 2.20. The van der Waals surface area contributed by atoms with Gasteiger partial charge in [-0.05, 0) is 56.6 Å². The van der Waals surface area contributed by atoms with Gasteiger partial charge in [0.05, 0.1) is 13.7 Å². The molecule has 0 aromatic heterocycles. The first-order valence-electron chi connectivity index (χ1n) is 7.99. The summed E-state index contributed by atoms with van der Waals surface area (Å²) in [7, 11) is 1.68. The molecule has 4 nitrogen and oxygen atoms in total. The van der Waals surface area contributed by atoms with E-state index < -0.39 is 0 Å². The fourth-order valence-corrected chi connectivity index (χ4v) is 2.89. The van der Waals surface area contributed by atoms with Gasteiger partial charge in [0.2, 0.25) is 0 Å². The fraction of sp³-hybridized carbons (Fsp3) is 0.647. The van der Waals surface area contributed by atoms with Crippen molar-refractivity contribution in [2.45, 2.75) is 26.8 Å². The molecule has 0 bridgehead atoms. The van der Waals surface area contributed by atoms with Gasteiger partial charge in [0.25, 0.3) is 0 Å². The third-order valence-electron chi connectivity index (χ3n) is 4.11. The van der Waals surface area contributed by atoms with Crippen molar-refractivity contribution in [2.24, 2.45) is 5.92 Å². The van der Waals surface area contributed by atoms with Crippen LogP contribution in [0.4, 0.5) is 0 Å². The van der Waals surface area contributed by atoms with Crippen LogP contribution in [0.1, 0.15) is 25.8 Å². The summed E-state index contributed by atoms with van der Waals surface area (Å²) in [6.45, 7) is 10.5. The van der Waals surface area contributed by atoms with Gasteiger partial charge in [-0.2, -0.15) is 0 Å². The minimum atomic E-state index is 0.655. The van der Waals surface area contributed by atoms with E-state index in [1.165, 1.54) is 31.6 Å². The van der Waals surface area contributed by atoms with Gasteiger partial charge in [0.15, 0.2) is 11.5 Å². The molecule has 4 heteroatoms. The Morgan fingerprint density at radius 1 is 1.29 bits per heavy atom. The SMILES string of the molecule is CCOc1cc(CNCC2CCN(CC)C2)ccc1OC. The van der Waals surface area contributed by atoms with E-state index in [4.69, 9.17) is 9.47 Å². The van der Waals surface area contributed by atoms with Crippen LogP contribution in [-0.4, -0.2) is 44.8 Å². The van der Waals surface area contributed by atoms with E-state index >= 15 is 0 Å². The monoisotopic (exact) mass is 292 g/mol. The number of benzene rings is 1.